The highest BCUT2D eigenvalue weighted by Gasteiger charge is 2.51. The molecule has 3 atom stereocenters. The molecule has 0 aromatic heterocycles. The van der Waals surface area contributed by atoms with Gasteiger partial charge in [-0.25, -0.2) is 0 Å². The van der Waals surface area contributed by atoms with Gasteiger partial charge in [-0.1, -0.05) is 6.08 Å². The van der Waals surface area contributed by atoms with Gasteiger partial charge in [0.2, 0.25) is 0 Å². The molecule has 2 saturated heterocycles. The third kappa shape index (κ3) is 4.97. The molecular formula is C15H23F3O3. The first-order valence-corrected chi connectivity index (χ1v) is 7.46. The molecule has 0 aliphatic carbocycles. The van der Waals surface area contributed by atoms with Gasteiger partial charge in [-0.2, -0.15) is 13.2 Å². The predicted octanol–water partition coefficient (Wildman–Crippen LogP) is 3.98. The lowest BCUT2D eigenvalue weighted by molar-refractivity contribution is -0.164. The highest BCUT2D eigenvalue weighted by Crippen LogP contribution is 2.41. The minimum absolute atomic E-state index is 0.0392. The first-order chi connectivity index (χ1) is 9.81. The zero-order chi connectivity index (χ0) is 15.5. The molecule has 0 aromatic rings. The second kappa shape index (κ2) is 6.67. The van der Waals surface area contributed by atoms with Crippen LogP contribution in [0.4, 0.5) is 13.2 Å². The number of allylic oxidation sites excluding steroid dienone is 2. The molecule has 0 spiro atoms. The van der Waals surface area contributed by atoms with Crippen molar-refractivity contribution < 1.29 is 27.4 Å². The predicted molar refractivity (Wildman–Crippen MR) is 71.9 cm³/mol. The van der Waals surface area contributed by atoms with Crippen LogP contribution in [-0.4, -0.2) is 37.4 Å². The van der Waals surface area contributed by atoms with Gasteiger partial charge >= 0.3 is 6.18 Å². The van der Waals surface area contributed by atoms with E-state index in [1.165, 1.54) is 6.08 Å². The van der Waals surface area contributed by atoms with Gasteiger partial charge in [0.15, 0.2) is 6.29 Å². The van der Waals surface area contributed by atoms with Crippen molar-refractivity contribution in [2.45, 2.75) is 70.1 Å². The van der Waals surface area contributed by atoms with Gasteiger partial charge in [-0.3, -0.25) is 0 Å². The topological polar surface area (TPSA) is 31.0 Å². The van der Waals surface area contributed by atoms with E-state index >= 15 is 0 Å². The highest BCUT2D eigenvalue weighted by atomic mass is 19.4. The summed E-state index contributed by atoms with van der Waals surface area (Å²) in [6.07, 6.45) is 0.815. The maximum atomic E-state index is 12.4. The standard InChI is InChI=1S/C15H23F3O3/c1-11(15(16,17)18)6-5-8-14(2)12(21-14)10-20-13-7-3-4-9-19-13/h6,12-13H,3-5,7-10H2,1-2H3/b11-6-/t12-,13?,14-/m1/s1. The average molecular weight is 308 g/mol. The number of hydrogen-bond donors (Lipinski definition) is 0. The molecule has 0 radical (unpaired) electrons. The van der Waals surface area contributed by atoms with Crippen LogP contribution in [0.5, 0.6) is 0 Å². The molecule has 2 aliphatic rings. The van der Waals surface area contributed by atoms with E-state index in [-0.39, 0.29) is 18.0 Å². The maximum absolute atomic E-state index is 12.4. The van der Waals surface area contributed by atoms with E-state index in [0.717, 1.165) is 32.8 Å². The molecule has 3 nitrogen and oxygen atoms in total. The molecule has 0 aromatic carbocycles. The number of alkyl halides is 3. The molecule has 2 aliphatic heterocycles. The summed E-state index contributed by atoms with van der Waals surface area (Å²) in [5.41, 5.74) is -0.910. The summed E-state index contributed by atoms with van der Waals surface area (Å²) in [5, 5.41) is 0. The summed E-state index contributed by atoms with van der Waals surface area (Å²) in [7, 11) is 0. The third-order valence-corrected chi connectivity index (χ3v) is 4.15. The van der Waals surface area contributed by atoms with Gasteiger partial charge in [0, 0.05) is 12.2 Å². The molecule has 1 unspecified atom stereocenters. The summed E-state index contributed by atoms with van der Waals surface area (Å²) in [4.78, 5) is 0. The minimum Gasteiger partial charge on any atom is -0.364 e. The van der Waals surface area contributed by atoms with Gasteiger partial charge in [0.05, 0.1) is 12.2 Å². The van der Waals surface area contributed by atoms with E-state index < -0.39 is 11.7 Å². The molecule has 0 bridgehead atoms. The van der Waals surface area contributed by atoms with Crippen molar-refractivity contribution in [3.05, 3.63) is 11.6 Å². The van der Waals surface area contributed by atoms with E-state index in [1.54, 1.807) is 0 Å². The van der Waals surface area contributed by atoms with Crippen molar-refractivity contribution >= 4 is 0 Å². The van der Waals surface area contributed by atoms with Crippen LogP contribution >= 0.6 is 0 Å². The SMILES string of the molecule is C/C(=C/CC[C@@]1(C)O[C@@H]1COC1CCCCO1)C(F)(F)F. The number of halogens is 3. The van der Waals surface area contributed by atoms with E-state index in [1.807, 2.05) is 6.92 Å². The fourth-order valence-electron chi connectivity index (χ4n) is 2.45. The highest BCUT2D eigenvalue weighted by molar-refractivity contribution is 5.07. The Kier molecular flexibility index (Phi) is 5.33. The molecule has 2 heterocycles. The fraction of sp³-hybridized carbons (Fsp3) is 0.867. The summed E-state index contributed by atoms with van der Waals surface area (Å²) in [6, 6.07) is 0. The summed E-state index contributed by atoms with van der Waals surface area (Å²) in [6.45, 7) is 4.19. The summed E-state index contributed by atoms with van der Waals surface area (Å²) < 4.78 is 53.7. The largest absolute Gasteiger partial charge is 0.412 e. The van der Waals surface area contributed by atoms with E-state index in [2.05, 4.69) is 0 Å². The van der Waals surface area contributed by atoms with Crippen LogP contribution < -0.4 is 0 Å². The zero-order valence-corrected chi connectivity index (χ0v) is 12.5. The molecule has 122 valence electrons. The van der Waals surface area contributed by atoms with Crippen LogP contribution in [0.2, 0.25) is 0 Å². The second-order valence-electron chi connectivity index (χ2n) is 5.97. The van der Waals surface area contributed by atoms with Crippen LogP contribution in [0.3, 0.4) is 0 Å². The van der Waals surface area contributed by atoms with Crippen LogP contribution in [0.1, 0.15) is 46.0 Å². The quantitative estimate of drug-likeness (QED) is 0.549. The normalized spacial score (nSPS) is 34.0. The second-order valence-corrected chi connectivity index (χ2v) is 5.97. The zero-order valence-electron chi connectivity index (χ0n) is 12.5. The summed E-state index contributed by atoms with van der Waals surface area (Å²) >= 11 is 0. The monoisotopic (exact) mass is 308 g/mol. The smallest absolute Gasteiger partial charge is 0.364 e. The number of ether oxygens (including phenoxy) is 3. The number of epoxide rings is 1. The Morgan fingerprint density at radius 3 is 2.76 bits per heavy atom. The van der Waals surface area contributed by atoms with Gasteiger partial charge in [0.25, 0.3) is 0 Å². The van der Waals surface area contributed by atoms with Crippen LogP contribution in [0.25, 0.3) is 0 Å². The van der Waals surface area contributed by atoms with Crippen LogP contribution in [0, 0.1) is 0 Å². The first kappa shape index (κ1) is 16.8. The van der Waals surface area contributed by atoms with Crippen LogP contribution in [-0.2, 0) is 14.2 Å². The molecule has 0 N–H and O–H groups in total. The van der Waals surface area contributed by atoms with E-state index in [9.17, 15) is 13.2 Å². The molecular weight excluding hydrogens is 285 g/mol. The fourth-order valence-corrected chi connectivity index (χ4v) is 2.45. The van der Waals surface area contributed by atoms with Crippen molar-refractivity contribution in [1.29, 1.82) is 0 Å². The number of rotatable bonds is 6. The lowest BCUT2D eigenvalue weighted by Gasteiger charge is -2.22. The Hall–Kier alpha value is -0.590. The average Bonchev–Trinajstić information content (AvgIpc) is 3.07. The molecule has 6 heteroatoms. The molecule has 0 amide bonds. The maximum Gasteiger partial charge on any atom is 0.412 e. The molecule has 2 fully saturated rings. The van der Waals surface area contributed by atoms with Gasteiger partial charge < -0.3 is 14.2 Å². The third-order valence-electron chi connectivity index (χ3n) is 4.15. The van der Waals surface area contributed by atoms with E-state index in [4.69, 9.17) is 14.2 Å². The van der Waals surface area contributed by atoms with Gasteiger partial charge in [-0.15, -0.1) is 0 Å². The van der Waals surface area contributed by atoms with Crippen molar-refractivity contribution in [3.8, 4) is 0 Å². The Morgan fingerprint density at radius 2 is 2.14 bits per heavy atom. The van der Waals surface area contributed by atoms with Crippen molar-refractivity contribution in [2.75, 3.05) is 13.2 Å². The Balaban J connectivity index is 1.66. The van der Waals surface area contributed by atoms with E-state index in [0.29, 0.717) is 19.4 Å². The number of hydrogen-bond acceptors (Lipinski definition) is 3. The molecule has 21 heavy (non-hydrogen) atoms. The summed E-state index contributed by atoms with van der Waals surface area (Å²) in [5.74, 6) is 0. The Labute approximate surface area is 123 Å². The Morgan fingerprint density at radius 1 is 1.38 bits per heavy atom. The van der Waals surface area contributed by atoms with Crippen LogP contribution in [0.15, 0.2) is 11.6 Å². The minimum atomic E-state index is -4.23. The lowest BCUT2D eigenvalue weighted by atomic mass is 10.0. The molecule has 0 saturated carbocycles. The van der Waals surface area contributed by atoms with Gasteiger partial charge in [-0.05, 0) is 46.0 Å². The Bertz CT molecular complexity index is 375. The van der Waals surface area contributed by atoms with Crippen molar-refractivity contribution in [1.82, 2.24) is 0 Å². The van der Waals surface area contributed by atoms with Gasteiger partial charge in [0.1, 0.15) is 6.10 Å². The first-order valence-electron chi connectivity index (χ1n) is 7.46. The van der Waals surface area contributed by atoms with Crippen molar-refractivity contribution in [3.63, 3.8) is 0 Å². The lowest BCUT2D eigenvalue weighted by Crippen LogP contribution is -2.25. The molecule has 2 rings (SSSR count). The van der Waals surface area contributed by atoms with Crippen molar-refractivity contribution in [2.24, 2.45) is 0 Å².